The van der Waals surface area contributed by atoms with Crippen molar-refractivity contribution in [2.45, 2.75) is 44.5 Å². The van der Waals surface area contributed by atoms with Crippen LogP contribution in [0.15, 0.2) is 12.1 Å². The van der Waals surface area contributed by atoms with E-state index in [9.17, 15) is 14.3 Å². The Hall–Kier alpha value is -1.27. The van der Waals surface area contributed by atoms with Gasteiger partial charge in [0, 0.05) is 12.1 Å². The molecule has 0 radical (unpaired) electrons. The van der Waals surface area contributed by atoms with E-state index in [1.807, 2.05) is 6.92 Å². The highest BCUT2D eigenvalue weighted by atomic mass is 32.2. The highest BCUT2D eigenvalue weighted by Crippen LogP contribution is 2.38. The molecule has 0 unspecified atom stereocenters. The summed E-state index contributed by atoms with van der Waals surface area (Å²) < 4.78 is 19.7. The van der Waals surface area contributed by atoms with Crippen molar-refractivity contribution < 1.29 is 19.0 Å². The molecule has 22 heavy (non-hydrogen) atoms. The molecule has 1 heterocycles. The molecule has 2 N–H and O–H groups in total. The van der Waals surface area contributed by atoms with Crippen LogP contribution in [0, 0.1) is 12.7 Å². The van der Waals surface area contributed by atoms with E-state index in [0.717, 1.165) is 18.6 Å². The first-order valence-electron chi connectivity index (χ1n) is 7.57. The van der Waals surface area contributed by atoms with Gasteiger partial charge in [0.15, 0.2) is 0 Å². The van der Waals surface area contributed by atoms with Gasteiger partial charge < -0.3 is 15.2 Å². The molecule has 1 aliphatic heterocycles. The summed E-state index contributed by atoms with van der Waals surface area (Å²) in [6.07, 6.45) is 1.64. The van der Waals surface area contributed by atoms with E-state index < -0.39 is 11.5 Å². The number of halogens is 1. The Labute approximate surface area is 134 Å². The summed E-state index contributed by atoms with van der Waals surface area (Å²) in [5.74, 6) is 0.727. The van der Waals surface area contributed by atoms with Gasteiger partial charge in [-0.2, -0.15) is 0 Å². The number of amides is 1. The van der Waals surface area contributed by atoms with Crippen molar-refractivity contribution in [3.05, 3.63) is 29.1 Å². The molecule has 0 bridgehead atoms. The van der Waals surface area contributed by atoms with Crippen molar-refractivity contribution >= 4 is 17.9 Å². The number of carbonyl (C=O) groups is 1. The molecule has 1 aromatic carbocycles. The predicted molar refractivity (Wildman–Crippen MR) is 85.9 cm³/mol. The largest absolute Gasteiger partial charge is 0.412 e. The van der Waals surface area contributed by atoms with Gasteiger partial charge in [-0.05, 0) is 49.5 Å². The van der Waals surface area contributed by atoms with E-state index in [1.54, 1.807) is 19.1 Å². The summed E-state index contributed by atoms with van der Waals surface area (Å²) in [4.78, 5) is 11.6. The average Bonchev–Trinajstić information content (AvgIpc) is 2.50. The highest BCUT2D eigenvalue weighted by Gasteiger charge is 2.26. The van der Waals surface area contributed by atoms with Gasteiger partial charge in [0.2, 0.25) is 0 Å². The van der Waals surface area contributed by atoms with E-state index in [4.69, 9.17) is 4.74 Å². The summed E-state index contributed by atoms with van der Waals surface area (Å²) in [5.41, 5.74) is 0.490. The van der Waals surface area contributed by atoms with Crippen molar-refractivity contribution in [1.29, 1.82) is 0 Å². The Morgan fingerprint density at radius 3 is 3.00 bits per heavy atom. The van der Waals surface area contributed by atoms with Crippen LogP contribution in [0.4, 0.5) is 9.18 Å². The minimum atomic E-state index is -0.568. The van der Waals surface area contributed by atoms with Crippen LogP contribution in [-0.2, 0) is 0 Å². The molecule has 2 atom stereocenters. The van der Waals surface area contributed by atoms with E-state index in [-0.39, 0.29) is 17.5 Å². The number of carbonyl (C=O) groups excluding carboxylic acids is 1. The maximum absolute atomic E-state index is 14.6. The zero-order valence-corrected chi connectivity index (χ0v) is 13.7. The van der Waals surface area contributed by atoms with Crippen molar-refractivity contribution in [2.24, 2.45) is 0 Å². The summed E-state index contributed by atoms with van der Waals surface area (Å²) >= 11 is 1.50. The Balaban J connectivity index is 2.12. The van der Waals surface area contributed by atoms with Crippen LogP contribution in [0.3, 0.4) is 0 Å². The maximum Gasteiger partial charge on any atom is 0.412 e. The van der Waals surface area contributed by atoms with Crippen LogP contribution in [-0.4, -0.2) is 28.9 Å². The van der Waals surface area contributed by atoms with Crippen LogP contribution < -0.4 is 10.1 Å². The monoisotopic (exact) mass is 327 g/mol. The van der Waals surface area contributed by atoms with Gasteiger partial charge in [0.25, 0.3) is 0 Å². The zero-order chi connectivity index (χ0) is 16.1. The van der Waals surface area contributed by atoms with Gasteiger partial charge in [-0.25, -0.2) is 9.18 Å². The summed E-state index contributed by atoms with van der Waals surface area (Å²) in [6, 6.07) is 3.30. The number of benzene rings is 1. The first kappa shape index (κ1) is 17.1. The fourth-order valence-corrected chi connectivity index (χ4v) is 3.60. The molecule has 1 saturated heterocycles. The van der Waals surface area contributed by atoms with E-state index >= 15 is 0 Å². The lowest BCUT2D eigenvalue weighted by Gasteiger charge is -2.26. The lowest BCUT2D eigenvalue weighted by Crippen LogP contribution is -2.27. The Bertz CT molecular complexity index is 538. The number of ether oxygens (including phenoxy) is 1. The topological polar surface area (TPSA) is 58.6 Å². The first-order chi connectivity index (χ1) is 10.5. The third-order valence-electron chi connectivity index (χ3n) is 3.79. The molecule has 6 heteroatoms. The molecule has 0 saturated carbocycles. The molecule has 1 aromatic rings. The van der Waals surface area contributed by atoms with Gasteiger partial charge in [-0.3, -0.25) is 0 Å². The minimum Gasteiger partial charge on any atom is -0.410 e. The number of hydrogen-bond donors (Lipinski definition) is 2. The maximum atomic E-state index is 14.6. The Kier molecular flexibility index (Phi) is 6.08. The second-order valence-electron chi connectivity index (χ2n) is 5.45. The second kappa shape index (κ2) is 7.83. The molecule has 1 amide bonds. The van der Waals surface area contributed by atoms with Crippen molar-refractivity contribution in [1.82, 2.24) is 5.32 Å². The summed E-state index contributed by atoms with van der Waals surface area (Å²) in [7, 11) is 0. The number of aliphatic hydroxyl groups is 1. The fraction of sp³-hybridized carbons (Fsp3) is 0.562. The van der Waals surface area contributed by atoms with Gasteiger partial charge in [0.05, 0.1) is 5.44 Å². The van der Waals surface area contributed by atoms with Gasteiger partial charge >= 0.3 is 6.09 Å². The van der Waals surface area contributed by atoms with Gasteiger partial charge in [0.1, 0.15) is 11.6 Å². The normalized spacial score (nSPS) is 21.5. The van der Waals surface area contributed by atoms with Gasteiger partial charge in [-0.15, -0.1) is 11.8 Å². The predicted octanol–water partition coefficient (Wildman–Crippen LogP) is 3.56. The number of hydrogen-bond acceptors (Lipinski definition) is 4. The molecule has 122 valence electrons. The van der Waals surface area contributed by atoms with Crippen LogP contribution in [0.5, 0.6) is 5.75 Å². The number of thioether (sulfide) groups is 1. The minimum absolute atomic E-state index is 0.0120. The highest BCUT2D eigenvalue weighted by molar-refractivity contribution is 7.99. The summed E-state index contributed by atoms with van der Waals surface area (Å²) in [5, 5.41) is 12.3. The SMILES string of the molecule is CCCNC(=O)Oc1ccc([C@H]2CCS[C@@H](O)C2)c(F)c1C. The molecular weight excluding hydrogens is 305 g/mol. The average molecular weight is 327 g/mol. The van der Waals surface area contributed by atoms with Crippen LogP contribution in [0.2, 0.25) is 0 Å². The molecule has 1 aliphatic rings. The van der Waals surface area contributed by atoms with Crippen LogP contribution >= 0.6 is 11.8 Å². The Morgan fingerprint density at radius 2 is 2.32 bits per heavy atom. The molecule has 4 nitrogen and oxygen atoms in total. The van der Waals surface area contributed by atoms with E-state index in [0.29, 0.717) is 24.1 Å². The molecule has 2 rings (SSSR count). The molecule has 0 aromatic heterocycles. The van der Waals surface area contributed by atoms with E-state index in [1.165, 1.54) is 11.8 Å². The quantitative estimate of drug-likeness (QED) is 0.888. The smallest absolute Gasteiger partial charge is 0.410 e. The van der Waals surface area contributed by atoms with Gasteiger partial charge in [-0.1, -0.05) is 13.0 Å². The number of aliphatic hydroxyl groups excluding tert-OH is 1. The number of rotatable bonds is 4. The van der Waals surface area contributed by atoms with Crippen LogP contribution in [0.25, 0.3) is 0 Å². The third kappa shape index (κ3) is 4.14. The summed E-state index contributed by atoms with van der Waals surface area (Å²) in [6.45, 7) is 4.07. The molecule has 0 spiro atoms. The lowest BCUT2D eigenvalue weighted by molar-refractivity contribution is 0.200. The number of nitrogens with one attached hydrogen (secondary N) is 1. The lowest BCUT2D eigenvalue weighted by atomic mass is 9.91. The van der Waals surface area contributed by atoms with Crippen LogP contribution in [0.1, 0.15) is 43.2 Å². The second-order valence-corrected chi connectivity index (χ2v) is 6.74. The Morgan fingerprint density at radius 1 is 1.55 bits per heavy atom. The zero-order valence-electron chi connectivity index (χ0n) is 12.9. The van der Waals surface area contributed by atoms with Crippen molar-refractivity contribution in [3.63, 3.8) is 0 Å². The van der Waals surface area contributed by atoms with E-state index in [2.05, 4.69) is 5.32 Å². The molecule has 0 aliphatic carbocycles. The third-order valence-corrected chi connectivity index (χ3v) is 4.84. The van der Waals surface area contributed by atoms with Crippen molar-refractivity contribution in [2.75, 3.05) is 12.3 Å². The fourth-order valence-electron chi connectivity index (χ4n) is 2.54. The van der Waals surface area contributed by atoms with Crippen molar-refractivity contribution in [3.8, 4) is 5.75 Å². The standard InChI is InChI=1S/C16H22FNO3S/c1-3-7-18-16(20)21-13-5-4-12(15(17)10(13)2)11-6-8-22-14(19)9-11/h4-5,11,14,19H,3,6-9H2,1-2H3,(H,18,20)/t11-,14+/m0/s1. The molecule has 1 fully saturated rings. The molecular formula is C16H22FNO3S. The first-order valence-corrected chi connectivity index (χ1v) is 8.62.